The first-order valence-corrected chi connectivity index (χ1v) is 6.90. The molecule has 3 nitrogen and oxygen atoms in total. The van der Waals surface area contributed by atoms with Crippen LogP contribution >= 0.6 is 11.6 Å². The van der Waals surface area contributed by atoms with E-state index in [0.717, 1.165) is 11.1 Å². The Labute approximate surface area is 123 Å². The molecule has 0 radical (unpaired) electrons. The maximum absolute atomic E-state index is 12.1. The van der Waals surface area contributed by atoms with E-state index in [0.29, 0.717) is 11.6 Å². The van der Waals surface area contributed by atoms with E-state index in [1.54, 1.807) is 18.3 Å². The van der Waals surface area contributed by atoms with Crippen LogP contribution in [0.25, 0.3) is 0 Å². The summed E-state index contributed by atoms with van der Waals surface area (Å²) in [6.07, 6.45) is 2.32. The molecule has 1 aromatic heterocycles. The lowest BCUT2D eigenvalue weighted by atomic mass is 9.97. The van der Waals surface area contributed by atoms with Crippen LogP contribution in [-0.4, -0.2) is 11.0 Å². The number of hydrogen-bond donors (Lipinski definition) is 0. The summed E-state index contributed by atoms with van der Waals surface area (Å²) in [4.78, 5) is 16.1. The Balaban J connectivity index is 1.98. The first kappa shape index (κ1) is 14.5. The van der Waals surface area contributed by atoms with Crippen LogP contribution in [0.1, 0.15) is 30.4 Å². The van der Waals surface area contributed by atoms with Crippen molar-refractivity contribution in [3.63, 3.8) is 0 Å². The molecular formula is C16H16ClNO2. The quantitative estimate of drug-likeness (QED) is 0.617. The molecule has 4 heteroatoms. The molecule has 0 fully saturated rings. The van der Waals surface area contributed by atoms with Gasteiger partial charge in [0.25, 0.3) is 0 Å². The van der Waals surface area contributed by atoms with E-state index in [-0.39, 0.29) is 18.5 Å². The summed E-state index contributed by atoms with van der Waals surface area (Å²) >= 11 is 5.71. The van der Waals surface area contributed by atoms with E-state index < -0.39 is 0 Å². The average Bonchev–Trinajstić information content (AvgIpc) is 2.48. The molecule has 20 heavy (non-hydrogen) atoms. The number of carbonyl (C=O) groups excluding carboxylic acids is 1. The molecule has 0 spiro atoms. The molecule has 0 aliphatic carbocycles. The molecule has 0 aliphatic heterocycles. The zero-order chi connectivity index (χ0) is 14.4. The largest absolute Gasteiger partial charge is 0.460 e. The number of pyridine rings is 1. The molecule has 0 N–H and O–H groups in total. The predicted octanol–water partition coefficient (Wildman–Crippen LogP) is 3.97. The van der Waals surface area contributed by atoms with Crippen LogP contribution in [0.5, 0.6) is 0 Å². The van der Waals surface area contributed by atoms with E-state index in [2.05, 4.69) is 4.98 Å². The van der Waals surface area contributed by atoms with Gasteiger partial charge in [-0.3, -0.25) is 4.79 Å². The van der Waals surface area contributed by atoms with Gasteiger partial charge in [0.15, 0.2) is 0 Å². The van der Waals surface area contributed by atoms with Crippen molar-refractivity contribution in [2.24, 2.45) is 0 Å². The smallest absolute Gasteiger partial charge is 0.313 e. The van der Waals surface area contributed by atoms with Gasteiger partial charge in [0.1, 0.15) is 11.8 Å². The molecule has 1 unspecified atom stereocenters. The van der Waals surface area contributed by atoms with E-state index in [9.17, 15) is 4.79 Å². The van der Waals surface area contributed by atoms with Crippen LogP contribution in [0.15, 0.2) is 48.7 Å². The fourth-order valence-electron chi connectivity index (χ4n) is 1.97. The second kappa shape index (κ2) is 7.06. The lowest BCUT2D eigenvalue weighted by Crippen LogP contribution is -2.15. The van der Waals surface area contributed by atoms with Crippen LogP contribution in [-0.2, 0) is 16.1 Å². The molecule has 104 valence electrons. The fraction of sp³-hybridized carbons (Fsp3) is 0.250. The van der Waals surface area contributed by atoms with Crippen molar-refractivity contribution in [2.45, 2.75) is 25.9 Å². The molecular weight excluding hydrogens is 274 g/mol. The molecule has 1 atom stereocenters. The number of hydrogen-bond acceptors (Lipinski definition) is 3. The summed E-state index contributed by atoms with van der Waals surface area (Å²) in [6.45, 7) is 2.19. The number of nitrogens with zero attached hydrogens (tertiary/aromatic N) is 1. The van der Waals surface area contributed by atoms with Crippen molar-refractivity contribution in [2.75, 3.05) is 0 Å². The van der Waals surface area contributed by atoms with Crippen molar-refractivity contribution in [1.29, 1.82) is 0 Å². The standard InChI is InChI=1S/C16H16ClNO2/c1-2-14(13-6-4-3-5-7-13)16(19)20-11-12-8-9-15(17)18-10-12/h3-10,14H,2,11H2,1H3. The van der Waals surface area contributed by atoms with Gasteiger partial charge in [0.2, 0.25) is 0 Å². The normalized spacial score (nSPS) is 11.9. The Hall–Kier alpha value is -1.87. The van der Waals surface area contributed by atoms with Crippen molar-refractivity contribution in [1.82, 2.24) is 4.98 Å². The molecule has 1 aromatic carbocycles. The Morgan fingerprint density at radius 2 is 2.00 bits per heavy atom. The number of aromatic nitrogens is 1. The minimum absolute atomic E-state index is 0.214. The highest BCUT2D eigenvalue weighted by atomic mass is 35.5. The van der Waals surface area contributed by atoms with Gasteiger partial charge in [0.05, 0.1) is 5.92 Å². The Kier molecular flexibility index (Phi) is 5.13. The second-order valence-electron chi connectivity index (χ2n) is 4.47. The van der Waals surface area contributed by atoms with Crippen molar-refractivity contribution >= 4 is 17.6 Å². The highest BCUT2D eigenvalue weighted by Crippen LogP contribution is 2.21. The number of carbonyl (C=O) groups is 1. The van der Waals surface area contributed by atoms with Crippen molar-refractivity contribution < 1.29 is 9.53 Å². The van der Waals surface area contributed by atoms with E-state index in [1.807, 2.05) is 37.3 Å². The van der Waals surface area contributed by atoms with Gasteiger partial charge in [0, 0.05) is 11.8 Å². The van der Waals surface area contributed by atoms with Crippen LogP contribution in [0.4, 0.5) is 0 Å². The van der Waals surface area contributed by atoms with Gasteiger partial charge in [-0.25, -0.2) is 4.98 Å². The van der Waals surface area contributed by atoms with Gasteiger partial charge < -0.3 is 4.74 Å². The first-order chi connectivity index (χ1) is 9.70. The number of rotatable bonds is 5. The minimum Gasteiger partial charge on any atom is -0.460 e. The van der Waals surface area contributed by atoms with Crippen LogP contribution in [0, 0.1) is 0 Å². The van der Waals surface area contributed by atoms with Gasteiger partial charge >= 0.3 is 5.97 Å². The van der Waals surface area contributed by atoms with Gasteiger partial charge in [-0.05, 0) is 18.1 Å². The van der Waals surface area contributed by atoms with Crippen LogP contribution in [0.2, 0.25) is 5.15 Å². The third-order valence-electron chi connectivity index (χ3n) is 3.06. The number of esters is 1. The summed E-state index contributed by atoms with van der Waals surface area (Å²) in [5.74, 6) is -0.440. The Morgan fingerprint density at radius 1 is 1.25 bits per heavy atom. The summed E-state index contributed by atoms with van der Waals surface area (Å²) < 4.78 is 5.35. The maximum atomic E-state index is 12.1. The number of halogens is 1. The fourth-order valence-corrected chi connectivity index (χ4v) is 2.08. The third kappa shape index (κ3) is 3.81. The SMILES string of the molecule is CCC(C(=O)OCc1ccc(Cl)nc1)c1ccccc1. The predicted molar refractivity (Wildman–Crippen MR) is 78.5 cm³/mol. The Bertz CT molecular complexity index is 554. The first-order valence-electron chi connectivity index (χ1n) is 6.52. The van der Waals surface area contributed by atoms with Crippen molar-refractivity contribution in [3.05, 3.63) is 64.9 Å². The highest BCUT2D eigenvalue weighted by molar-refractivity contribution is 6.29. The molecule has 0 bridgehead atoms. The topological polar surface area (TPSA) is 39.2 Å². The number of ether oxygens (including phenoxy) is 1. The zero-order valence-electron chi connectivity index (χ0n) is 11.3. The molecule has 0 saturated heterocycles. The lowest BCUT2D eigenvalue weighted by molar-refractivity contribution is -0.146. The molecule has 0 amide bonds. The summed E-state index contributed by atoms with van der Waals surface area (Å²) in [6, 6.07) is 13.1. The molecule has 1 heterocycles. The summed E-state index contributed by atoms with van der Waals surface area (Å²) in [5.41, 5.74) is 1.81. The van der Waals surface area contributed by atoms with Crippen molar-refractivity contribution in [3.8, 4) is 0 Å². The lowest BCUT2D eigenvalue weighted by Gasteiger charge is -2.14. The second-order valence-corrected chi connectivity index (χ2v) is 4.86. The summed E-state index contributed by atoms with van der Waals surface area (Å²) in [5, 5.41) is 0.427. The summed E-state index contributed by atoms with van der Waals surface area (Å²) in [7, 11) is 0. The monoisotopic (exact) mass is 289 g/mol. The minimum atomic E-state index is -0.226. The van der Waals surface area contributed by atoms with E-state index in [4.69, 9.17) is 16.3 Å². The van der Waals surface area contributed by atoms with E-state index in [1.165, 1.54) is 0 Å². The highest BCUT2D eigenvalue weighted by Gasteiger charge is 2.19. The Morgan fingerprint density at radius 3 is 2.60 bits per heavy atom. The molecule has 0 saturated carbocycles. The van der Waals surface area contributed by atoms with E-state index >= 15 is 0 Å². The van der Waals surface area contributed by atoms with Gasteiger partial charge in [-0.2, -0.15) is 0 Å². The van der Waals surface area contributed by atoms with Gasteiger partial charge in [-0.1, -0.05) is 54.9 Å². The molecule has 2 rings (SSSR count). The molecule has 2 aromatic rings. The van der Waals surface area contributed by atoms with Gasteiger partial charge in [-0.15, -0.1) is 0 Å². The van der Waals surface area contributed by atoms with Crippen LogP contribution in [0.3, 0.4) is 0 Å². The average molecular weight is 290 g/mol. The maximum Gasteiger partial charge on any atom is 0.313 e. The van der Waals surface area contributed by atoms with Crippen LogP contribution < -0.4 is 0 Å². The molecule has 0 aliphatic rings. The zero-order valence-corrected chi connectivity index (χ0v) is 12.0. The number of benzene rings is 1. The third-order valence-corrected chi connectivity index (χ3v) is 3.29.